The van der Waals surface area contributed by atoms with Crippen molar-refractivity contribution in [2.75, 3.05) is 0 Å². The molecule has 0 aromatic heterocycles. The predicted octanol–water partition coefficient (Wildman–Crippen LogP) is 4.80. The van der Waals surface area contributed by atoms with Crippen molar-refractivity contribution in [3.05, 3.63) is 108 Å². The Bertz CT molecular complexity index is 1090. The minimum Gasteiger partial charge on any atom is -0.452 e. The second-order valence-electron chi connectivity index (χ2n) is 7.90. The van der Waals surface area contributed by atoms with Crippen LogP contribution < -0.4 is 0 Å². The zero-order chi connectivity index (χ0) is 24.8. The third kappa shape index (κ3) is 5.96. The zero-order valence-electron chi connectivity index (χ0n) is 18.8. The number of ether oxygens (including phenoxy) is 4. The molecule has 180 valence electrons. The van der Waals surface area contributed by atoms with Gasteiger partial charge in [0.2, 0.25) is 0 Å². The molecule has 0 radical (unpaired) electrons. The van der Waals surface area contributed by atoms with Crippen LogP contribution in [0.5, 0.6) is 0 Å². The van der Waals surface area contributed by atoms with Crippen LogP contribution in [0.2, 0.25) is 0 Å². The Morgan fingerprint density at radius 3 is 1.34 bits per heavy atom. The topological polar surface area (TPSA) is 88.1 Å². The molecule has 7 nitrogen and oxygen atoms in total. The minimum absolute atomic E-state index is 0.305. The number of carbonyl (C=O) groups is 3. The van der Waals surface area contributed by atoms with E-state index in [-0.39, 0.29) is 0 Å². The van der Waals surface area contributed by atoms with Gasteiger partial charge in [-0.25, -0.2) is 14.4 Å². The number of rotatable bonds is 6. The number of hydrogen-bond donors (Lipinski definition) is 0. The Morgan fingerprint density at radius 2 is 0.943 bits per heavy atom. The lowest BCUT2D eigenvalue weighted by Gasteiger charge is -2.42. The van der Waals surface area contributed by atoms with Crippen LogP contribution in [0.15, 0.2) is 91.0 Å². The molecule has 0 unspecified atom stereocenters. The fraction of sp³-hybridized carbons (Fsp3) is 0.222. The summed E-state index contributed by atoms with van der Waals surface area (Å²) in [6.07, 6.45) is -3.96. The largest absolute Gasteiger partial charge is 0.452 e. The third-order valence-corrected chi connectivity index (χ3v) is 6.21. The predicted molar refractivity (Wildman–Crippen MR) is 130 cm³/mol. The van der Waals surface area contributed by atoms with Gasteiger partial charge in [-0.05, 0) is 43.3 Å². The number of hydrogen-bond acceptors (Lipinski definition) is 7. The third-order valence-electron chi connectivity index (χ3n) is 5.47. The Kier molecular flexibility index (Phi) is 7.94. The normalized spacial score (nSPS) is 23.7. The molecular formula is C27H23BrO7. The van der Waals surface area contributed by atoms with Crippen LogP contribution in [0.1, 0.15) is 38.0 Å². The van der Waals surface area contributed by atoms with Crippen molar-refractivity contribution in [1.82, 2.24) is 0 Å². The molecule has 1 saturated heterocycles. The van der Waals surface area contributed by atoms with Crippen LogP contribution in [0.4, 0.5) is 0 Å². The van der Waals surface area contributed by atoms with Crippen LogP contribution in [0.25, 0.3) is 0 Å². The lowest BCUT2D eigenvalue weighted by molar-refractivity contribution is -0.193. The molecule has 0 N–H and O–H groups in total. The van der Waals surface area contributed by atoms with E-state index in [0.717, 1.165) is 0 Å². The van der Waals surface area contributed by atoms with Gasteiger partial charge in [-0.2, -0.15) is 0 Å². The van der Waals surface area contributed by atoms with E-state index in [2.05, 4.69) is 15.9 Å². The summed E-state index contributed by atoms with van der Waals surface area (Å²) in [5.74, 6) is -1.90. The molecule has 0 amide bonds. The van der Waals surface area contributed by atoms with Crippen molar-refractivity contribution in [2.24, 2.45) is 0 Å². The number of halogens is 1. The van der Waals surface area contributed by atoms with Crippen molar-refractivity contribution >= 4 is 33.8 Å². The molecule has 3 aromatic rings. The van der Waals surface area contributed by atoms with Gasteiger partial charge in [0.05, 0.1) is 22.8 Å². The van der Waals surface area contributed by atoms with Gasteiger partial charge < -0.3 is 18.9 Å². The Balaban J connectivity index is 1.63. The van der Waals surface area contributed by atoms with E-state index in [1.165, 1.54) is 0 Å². The number of carbonyl (C=O) groups excluding carboxylic acids is 3. The smallest absolute Gasteiger partial charge is 0.338 e. The highest BCUT2D eigenvalue weighted by Crippen LogP contribution is 2.32. The molecule has 0 aliphatic carbocycles. The van der Waals surface area contributed by atoms with E-state index in [1.807, 2.05) is 0 Å². The summed E-state index contributed by atoms with van der Waals surface area (Å²) in [7, 11) is 0. The first kappa shape index (κ1) is 24.6. The highest BCUT2D eigenvalue weighted by molar-refractivity contribution is 9.09. The molecule has 8 heteroatoms. The summed E-state index contributed by atoms with van der Waals surface area (Å²) in [4.78, 5) is 38.7. The maximum atomic E-state index is 13.0. The van der Waals surface area contributed by atoms with Gasteiger partial charge in [0.1, 0.15) is 0 Å². The standard InChI is InChI=1S/C27H23BrO7/c1-17-21(33-25(29)18-11-5-2-6-12-18)22(34-26(30)19-13-7-3-8-14-19)23(24(28)32-17)35-27(31)20-15-9-4-10-16-20/h2-17,21-24H,1H3/t17-,21+,22+,23-,24+/m0/s1. The molecule has 4 rings (SSSR count). The molecule has 3 aromatic carbocycles. The Morgan fingerprint density at radius 1 is 0.600 bits per heavy atom. The van der Waals surface area contributed by atoms with Crippen molar-refractivity contribution in [2.45, 2.75) is 36.4 Å². The maximum absolute atomic E-state index is 13.0. The number of alkyl halides is 1. The quantitative estimate of drug-likeness (QED) is 0.253. The minimum atomic E-state index is -1.14. The molecule has 0 bridgehead atoms. The van der Waals surface area contributed by atoms with Crippen LogP contribution >= 0.6 is 15.9 Å². The second-order valence-corrected chi connectivity index (χ2v) is 8.80. The molecule has 5 atom stereocenters. The molecule has 1 fully saturated rings. The Labute approximate surface area is 211 Å². The number of benzene rings is 3. The summed E-state index contributed by atoms with van der Waals surface area (Å²) < 4.78 is 23.2. The van der Waals surface area contributed by atoms with Gasteiger partial charge >= 0.3 is 17.9 Å². The monoisotopic (exact) mass is 538 g/mol. The highest BCUT2D eigenvalue weighted by atomic mass is 79.9. The van der Waals surface area contributed by atoms with Crippen molar-refractivity contribution in [3.8, 4) is 0 Å². The van der Waals surface area contributed by atoms with E-state index < -0.39 is 47.3 Å². The molecule has 0 saturated carbocycles. The van der Waals surface area contributed by atoms with Crippen LogP contribution in [-0.4, -0.2) is 47.3 Å². The fourth-order valence-electron chi connectivity index (χ4n) is 3.68. The zero-order valence-corrected chi connectivity index (χ0v) is 20.4. The molecule has 35 heavy (non-hydrogen) atoms. The van der Waals surface area contributed by atoms with Crippen LogP contribution in [-0.2, 0) is 18.9 Å². The van der Waals surface area contributed by atoms with E-state index in [4.69, 9.17) is 18.9 Å². The van der Waals surface area contributed by atoms with Crippen LogP contribution in [0.3, 0.4) is 0 Å². The summed E-state index contributed by atoms with van der Waals surface area (Å²) in [5, 5.41) is -0.814. The first-order valence-electron chi connectivity index (χ1n) is 11.0. The van der Waals surface area contributed by atoms with E-state index in [1.54, 1.807) is 97.9 Å². The van der Waals surface area contributed by atoms with Crippen molar-refractivity contribution in [1.29, 1.82) is 0 Å². The van der Waals surface area contributed by atoms with Gasteiger partial charge in [-0.1, -0.05) is 70.5 Å². The average molecular weight is 539 g/mol. The van der Waals surface area contributed by atoms with Crippen LogP contribution in [0, 0.1) is 0 Å². The van der Waals surface area contributed by atoms with Gasteiger partial charge in [-0.15, -0.1) is 0 Å². The molecule has 1 aliphatic heterocycles. The van der Waals surface area contributed by atoms with E-state index >= 15 is 0 Å². The van der Waals surface area contributed by atoms with Crippen molar-refractivity contribution in [3.63, 3.8) is 0 Å². The van der Waals surface area contributed by atoms with Gasteiger partial charge in [0, 0.05) is 0 Å². The molecule has 1 heterocycles. The summed E-state index contributed by atoms with van der Waals surface area (Å²) >= 11 is 3.39. The van der Waals surface area contributed by atoms with Gasteiger partial charge in [0.25, 0.3) is 0 Å². The first-order chi connectivity index (χ1) is 16.9. The lowest BCUT2D eigenvalue weighted by atomic mass is 9.99. The SMILES string of the molecule is C[C@@H]1O[C@@H](Br)[C@@H](OC(=O)c2ccccc2)[C@H](OC(=O)c2ccccc2)[C@@H]1OC(=O)c1ccccc1. The summed E-state index contributed by atoms with van der Waals surface area (Å²) in [6, 6.07) is 25.2. The highest BCUT2D eigenvalue weighted by Gasteiger charge is 2.50. The summed E-state index contributed by atoms with van der Waals surface area (Å²) in [5.41, 5.74) is 0.947. The number of esters is 3. The van der Waals surface area contributed by atoms with Gasteiger partial charge in [0.15, 0.2) is 23.3 Å². The molecule has 0 spiro atoms. The summed E-state index contributed by atoms with van der Waals surface area (Å²) in [6.45, 7) is 1.69. The first-order valence-corrected chi connectivity index (χ1v) is 11.9. The molecule has 1 aliphatic rings. The van der Waals surface area contributed by atoms with E-state index in [0.29, 0.717) is 16.7 Å². The van der Waals surface area contributed by atoms with Crippen molar-refractivity contribution < 1.29 is 33.3 Å². The molecular weight excluding hydrogens is 516 g/mol. The lowest BCUT2D eigenvalue weighted by Crippen LogP contribution is -2.59. The maximum Gasteiger partial charge on any atom is 0.338 e. The Hall–Kier alpha value is -3.49. The average Bonchev–Trinajstić information content (AvgIpc) is 2.89. The van der Waals surface area contributed by atoms with Gasteiger partial charge in [-0.3, -0.25) is 0 Å². The second kappa shape index (κ2) is 11.3. The van der Waals surface area contributed by atoms with E-state index in [9.17, 15) is 14.4 Å². The fourth-order valence-corrected chi connectivity index (χ4v) is 4.43.